The lowest BCUT2D eigenvalue weighted by atomic mass is 10.0. The molecule has 6 heteroatoms. The summed E-state index contributed by atoms with van der Waals surface area (Å²) in [5, 5.41) is 39.6. The molecule has 0 atom stereocenters. The van der Waals surface area contributed by atoms with E-state index in [1.165, 1.54) is 0 Å². The average molecular weight is 417 g/mol. The van der Waals surface area contributed by atoms with Crippen molar-refractivity contribution in [2.45, 2.75) is 40.8 Å². The molecule has 30 heavy (non-hydrogen) atoms. The summed E-state index contributed by atoms with van der Waals surface area (Å²) in [6.07, 6.45) is 0. The van der Waals surface area contributed by atoms with E-state index < -0.39 is 0 Å². The highest BCUT2D eigenvalue weighted by Gasteiger charge is 2.14. The van der Waals surface area contributed by atoms with E-state index in [9.17, 15) is 20.4 Å². The van der Waals surface area contributed by atoms with Gasteiger partial charge in [0.2, 0.25) is 0 Å². The van der Waals surface area contributed by atoms with Gasteiger partial charge in [0.1, 0.15) is 11.5 Å². The number of hydrogen-bond donors (Lipinski definition) is 4. The van der Waals surface area contributed by atoms with Gasteiger partial charge in [0, 0.05) is 50.4 Å². The van der Waals surface area contributed by atoms with Crippen LogP contribution in [0.15, 0.2) is 24.3 Å². The van der Waals surface area contributed by atoms with E-state index in [0.29, 0.717) is 39.3 Å². The minimum Gasteiger partial charge on any atom is -0.508 e. The fraction of sp³-hybridized carbons (Fsp3) is 0.500. The molecule has 2 aromatic carbocycles. The molecule has 2 rings (SSSR count). The number of aliphatic hydroxyl groups is 2. The molecule has 0 heterocycles. The third kappa shape index (κ3) is 6.71. The first-order valence-corrected chi connectivity index (χ1v) is 10.5. The van der Waals surface area contributed by atoms with Crippen molar-refractivity contribution in [1.29, 1.82) is 0 Å². The maximum Gasteiger partial charge on any atom is 0.120 e. The lowest BCUT2D eigenvalue weighted by molar-refractivity contribution is 0.142. The Bertz CT molecular complexity index is 769. The molecule has 0 aromatic heterocycles. The van der Waals surface area contributed by atoms with E-state index in [-0.39, 0.29) is 24.7 Å². The van der Waals surface area contributed by atoms with Crippen molar-refractivity contribution >= 4 is 0 Å². The molecule has 0 radical (unpaired) electrons. The average Bonchev–Trinajstić information content (AvgIpc) is 2.68. The van der Waals surface area contributed by atoms with Gasteiger partial charge in [-0.25, -0.2) is 0 Å². The quantitative estimate of drug-likeness (QED) is 0.450. The van der Waals surface area contributed by atoms with Gasteiger partial charge >= 0.3 is 0 Å². The molecule has 0 amide bonds. The summed E-state index contributed by atoms with van der Waals surface area (Å²) >= 11 is 0. The number of phenols is 2. The first kappa shape index (κ1) is 24.2. The van der Waals surface area contributed by atoms with Gasteiger partial charge in [0.15, 0.2) is 0 Å². The van der Waals surface area contributed by atoms with Crippen molar-refractivity contribution in [2.75, 3.05) is 39.4 Å². The number of phenolic OH excluding ortho intramolecular Hbond substituents is 2. The SMILES string of the molecule is Cc1cc(O)c(CN(CCO)CCN(CCO)Cc2cc(C)c(C)cc2O)cc1C. The van der Waals surface area contributed by atoms with E-state index in [2.05, 4.69) is 9.80 Å². The minimum atomic E-state index is 0.0313. The first-order chi connectivity index (χ1) is 14.2. The van der Waals surface area contributed by atoms with Crippen LogP contribution in [0.3, 0.4) is 0 Å². The highest BCUT2D eigenvalue weighted by molar-refractivity contribution is 5.41. The summed E-state index contributed by atoms with van der Waals surface area (Å²) in [6, 6.07) is 7.55. The lowest BCUT2D eigenvalue weighted by Gasteiger charge is -2.28. The van der Waals surface area contributed by atoms with E-state index in [1.807, 2.05) is 39.8 Å². The number of nitrogens with zero attached hydrogens (tertiary/aromatic N) is 2. The molecule has 6 nitrogen and oxygen atoms in total. The van der Waals surface area contributed by atoms with Gasteiger partial charge in [-0.2, -0.15) is 0 Å². The minimum absolute atomic E-state index is 0.0313. The number of aryl methyl sites for hydroxylation is 4. The summed E-state index contributed by atoms with van der Waals surface area (Å²) in [4.78, 5) is 4.18. The fourth-order valence-corrected chi connectivity index (χ4v) is 3.56. The van der Waals surface area contributed by atoms with Gasteiger partial charge < -0.3 is 20.4 Å². The molecule has 0 fully saturated rings. The van der Waals surface area contributed by atoms with Crippen molar-refractivity contribution in [2.24, 2.45) is 0 Å². The third-order valence-corrected chi connectivity index (χ3v) is 5.74. The van der Waals surface area contributed by atoms with Gasteiger partial charge in [-0.05, 0) is 62.1 Å². The Kier molecular flexibility index (Phi) is 9.11. The maximum absolute atomic E-state index is 10.3. The molecule has 0 saturated carbocycles. The van der Waals surface area contributed by atoms with E-state index in [0.717, 1.165) is 33.4 Å². The summed E-state index contributed by atoms with van der Waals surface area (Å²) in [6.45, 7) is 11.4. The molecule has 4 N–H and O–H groups in total. The molecular formula is C24H36N2O4. The number of aromatic hydroxyl groups is 2. The van der Waals surface area contributed by atoms with Crippen LogP contribution in [0.2, 0.25) is 0 Å². The Balaban J connectivity index is 2.08. The Hall–Kier alpha value is -2.12. The van der Waals surface area contributed by atoms with Crippen LogP contribution in [0.1, 0.15) is 33.4 Å². The van der Waals surface area contributed by atoms with Gasteiger partial charge in [0.05, 0.1) is 13.2 Å². The monoisotopic (exact) mass is 416 g/mol. The van der Waals surface area contributed by atoms with Crippen LogP contribution in [-0.4, -0.2) is 69.6 Å². The third-order valence-electron chi connectivity index (χ3n) is 5.74. The second-order valence-electron chi connectivity index (χ2n) is 8.13. The zero-order valence-electron chi connectivity index (χ0n) is 18.6. The molecular weight excluding hydrogens is 380 g/mol. The lowest BCUT2D eigenvalue weighted by Crippen LogP contribution is -2.37. The van der Waals surface area contributed by atoms with Crippen LogP contribution < -0.4 is 0 Å². The van der Waals surface area contributed by atoms with Crippen LogP contribution in [0.25, 0.3) is 0 Å². The Labute approximate surface area is 180 Å². The molecule has 0 saturated heterocycles. The molecule has 0 aliphatic heterocycles. The Morgan fingerprint density at radius 1 is 0.567 bits per heavy atom. The summed E-state index contributed by atoms with van der Waals surface area (Å²) in [5.41, 5.74) is 6.02. The Morgan fingerprint density at radius 3 is 1.23 bits per heavy atom. The van der Waals surface area contributed by atoms with Crippen molar-refractivity contribution in [3.63, 3.8) is 0 Å². The van der Waals surface area contributed by atoms with Crippen LogP contribution in [0.4, 0.5) is 0 Å². The van der Waals surface area contributed by atoms with Gasteiger partial charge in [-0.15, -0.1) is 0 Å². The second kappa shape index (κ2) is 11.3. The van der Waals surface area contributed by atoms with Crippen LogP contribution in [-0.2, 0) is 13.1 Å². The van der Waals surface area contributed by atoms with E-state index in [4.69, 9.17) is 0 Å². The molecule has 0 unspecified atom stereocenters. The predicted molar refractivity (Wildman–Crippen MR) is 120 cm³/mol. The summed E-state index contributed by atoms with van der Waals surface area (Å²) in [7, 11) is 0. The van der Waals surface area contributed by atoms with Crippen molar-refractivity contribution in [3.05, 3.63) is 57.6 Å². The number of rotatable bonds is 11. The predicted octanol–water partition coefficient (Wildman–Crippen LogP) is 2.62. The van der Waals surface area contributed by atoms with Crippen LogP contribution in [0.5, 0.6) is 11.5 Å². The van der Waals surface area contributed by atoms with Gasteiger partial charge in [0.25, 0.3) is 0 Å². The standard InChI is InChI=1S/C24H36N2O4/c1-17-11-21(23(29)13-19(17)3)15-25(7-9-27)5-6-26(8-10-28)16-22-12-18(2)20(4)14-24(22)30/h11-14,27-30H,5-10,15-16H2,1-4H3. The van der Waals surface area contributed by atoms with Gasteiger partial charge in [-0.1, -0.05) is 12.1 Å². The highest BCUT2D eigenvalue weighted by atomic mass is 16.3. The fourth-order valence-electron chi connectivity index (χ4n) is 3.56. The molecule has 2 aromatic rings. The first-order valence-electron chi connectivity index (χ1n) is 10.5. The molecule has 166 valence electrons. The van der Waals surface area contributed by atoms with Crippen molar-refractivity contribution in [1.82, 2.24) is 9.80 Å². The van der Waals surface area contributed by atoms with Crippen LogP contribution in [0, 0.1) is 27.7 Å². The number of benzene rings is 2. The zero-order chi connectivity index (χ0) is 22.3. The number of hydrogen-bond acceptors (Lipinski definition) is 6. The maximum atomic E-state index is 10.3. The molecule has 0 aliphatic carbocycles. The summed E-state index contributed by atoms with van der Waals surface area (Å²) < 4.78 is 0. The van der Waals surface area contributed by atoms with Gasteiger partial charge in [-0.3, -0.25) is 9.80 Å². The highest BCUT2D eigenvalue weighted by Crippen LogP contribution is 2.24. The normalized spacial score (nSPS) is 11.6. The smallest absolute Gasteiger partial charge is 0.120 e. The van der Waals surface area contributed by atoms with Crippen molar-refractivity contribution in [3.8, 4) is 11.5 Å². The largest absolute Gasteiger partial charge is 0.508 e. The van der Waals surface area contributed by atoms with Crippen LogP contribution >= 0.6 is 0 Å². The van der Waals surface area contributed by atoms with E-state index in [1.54, 1.807) is 12.1 Å². The topological polar surface area (TPSA) is 87.4 Å². The molecule has 0 aliphatic rings. The Morgan fingerprint density at radius 2 is 0.900 bits per heavy atom. The summed E-state index contributed by atoms with van der Waals surface area (Å²) in [5.74, 6) is 0.543. The zero-order valence-corrected chi connectivity index (χ0v) is 18.6. The molecule has 0 spiro atoms. The second-order valence-corrected chi connectivity index (χ2v) is 8.13. The molecule has 0 bridgehead atoms. The van der Waals surface area contributed by atoms with Crippen molar-refractivity contribution < 1.29 is 20.4 Å². The number of aliphatic hydroxyl groups excluding tert-OH is 2. The van der Waals surface area contributed by atoms with E-state index >= 15 is 0 Å².